The van der Waals surface area contributed by atoms with Gasteiger partial charge in [0.15, 0.2) is 11.5 Å². The molecule has 0 saturated carbocycles. The third kappa shape index (κ3) is 8.08. The smallest absolute Gasteiger partial charge is 0.416 e. The first-order valence-electron chi connectivity index (χ1n) is 13.9. The summed E-state index contributed by atoms with van der Waals surface area (Å²) in [6.45, 7) is 0.191. The topological polar surface area (TPSA) is 94.8 Å². The van der Waals surface area contributed by atoms with Crippen molar-refractivity contribution in [2.24, 2.45) is 7.05 Å². The number of carbonyl (C=O) groups is 2. The van der Waals surface area contributed by atoms with Crippen LogP contribution in [0.5, 0.6) is 11.5 Å². The fourth-order valence-corrected chi connectivity index (χ4v) is 5.18. The first-order valence-corrected chi connectivity index (χ1v) is 13.9. The minimum absolute atomic E-state index is 0.0335. The molecule has 1 heterocycles. The van der Waals surface area contributed by atoms with Crippen LogP contribution in [-0.4, -0.2) is 51.1 Å². The van der Waals surface area contributed by atoms with Gasteiger partial charge in [-0.25, -0.2) is 0 Å². The summed E-state index contributed by atoms with van der Waals surface area (Å²) < 4.78 is 82.8. The Balaban J connectivity index is 1.56. The number of aryl methyl sites for hydroxylation is 1. The van der Waals surface area contributed by atoms with Crippen LogP contribution in [0.3, 0.4) is 0 Å². The summed E-state index contributed by atoms with van der Waals surface area (Å²) in [7, 11) is 3.11. The molecule has 1 aromatic heterocycles. The summed E-state index contributed by atoms with van der Waals surface area (Å²) in [4.78, 5) is 27.3. The van der Waals surface area contributed by atoms with Crippen LogP contribution in [0.2, 0.25) is 0 Å². The zero-order chi connectivity index (χ0) is 33.1. The van der Waals surface area contributed by atoms with Crippen molar-refractivity contribution in [2.45, 2.75) is 44.1 Å². The highest BCUT2D eigenvalue weighted by atomic mass is 19.4. The average Bonchev–Trinajstić information content (AvgIpc) is 3.30. The van der Waals surface area contributed by atoms with E-state index in [9.17, 15) is 46.1 Å². The van der Waals surface area contributed by atoms with Gasteiger partial charge in [0.1, 0.15) is 0 Å². The maximum atomic E-state index is 13.5. The maximum Gasteiger partial charge on any atom is 0.416 e. The second-order valence-electron chi connectivity index (χ2n) is 10.8. The van der Waals surface area contributed by atoms with Crippen LogP contribution < -0.4 is 5.32 Å². The van der Waals surface area contributed by atoms with Gasteiger partial charge >= 0.3 is 12.4 Å². The number of aromatic nitrogens is 1. The Labute approximate surface area is 254 Å². The van der Waals surface area contributed by atoms with Gasteiger partial charge in [-0.05, 0) is 66.8 Å². The van der Waals surface area contributed by atoms with E-state index in [2.05, 4.69) is 5.32 Å². The Kier molecular flexibility index (Phi) is 9.69. The first-order chi connectivity index (χ1) is 21.0. The quantitative estimate of drug-likeness (QED) is 0.138. The first kappa shape index (κ1) is 33.2. The fraction of sp³-hybridized carbons (Fsp3) is 0.312. The van der Waals surface area contributed by atoms with E-state index in [4.69, 9.17) is 0 Å². The van der Waals surface area contributed by atoms with Crippen LogP contribution in [0.25, 0.3) is 10.9 Å². The standard InChI is InChI=1S/C32H31F6N3O4/c1-40-18-21(25-5-3-4-6-26(25)40)16-24(8-10-29(44)39-12-11-19-7-9-27(42)28(43)13-19)41(2)30(45)20-14-22(31(33,34)35)17-23(15-20)32(36,37)38/h3-7,9,13-15,17-18,24,42-43H,8,10-12,16H2,1-2H3,(H,39,44). The molecule has 0 aliphatic heterocycles. The van der Waals surface area contributed by atoms with Gasteiger partial charge in [-0.1, -0.05) is 24.3 Å². The molecule has 45 heavy (non-hydrogen) atoms. The lowest BCUT2D eigenvalue weighted by Crippen LogP contribution is -2.40. The number of alkyl halides is 6. The largest absolute Gasteiger partial charge is 0.504 e. The molecular weight excluding hydrogens is 604 g/mol. The lowest BCUT2D eigenvalue weighted by molar-refractivity contribution is -0.143. The van der Waals surface area contributed by atoms with Gasteiger partial charge in [0.2, 0.25) is 5.91 Å². The van der Waals surface area contributed by atoms with Crippen molar-refractivity contribution in [3.63, 3.8) is 0 Å². The number of fused-ring (bicyclic) bond motifs is 1. The number of phenols is 2. The van der Waals surface area contributed by atoms with Crippen molar-refractivity contribution in [3.05, 3.63) is 94.7 Å². The molecule has 7 nitrogen and oxygen atoms in total. The van der Waals surface area contributed by atoms with E-state index < -0.39 is 41.0 Å². The van der Waals surface area contributed by atoms with Crippen molar-refractivity contribution >= 4 is 22.7 Å². The zero-order valence-corrected chi connectivity index (χ0v) is 24.3. The number of rotatable bonds is 10. The second kappa shape index (κ2) is 13.1. The van der Waals surface area contributed by atoms with Crippen LogP contribution >= 0.6 is 0 Å². The van der Waals surface area contributed by atoms with Gasteiger partial charge in [0.25, 0.3) is 5.91 Å². The molecule has 0 aliphatic carbocycles. The number of halogens is 6. The number of aromatic hydroxyl groups is 2. The third-order valence-electron chi connectivity index (χ3n) is 7.62. The van der Waals surface area contributed by atoms with Crippen LogP contribution in [0.1, 0.15) is 45.5 Å². The molecule has 3 N–H and O–H groups in total. The number of hydrogen-bond donors (Lipinski definition) is 3. The van der Waals surface area contributed by atoms with Crippen LogP contribution in [0.4, 0.5) is 26.3 Å². The Morgan fingerprint density at radius 1 is 0.911 bits per heavy atom. The highest BCUT2D eigenvalue weighted by Crippen LogP contribution is 2.37. The van der Waals surface area contributed by atoms with E-state index >= 15 is 0 Å². The average molecular weight is 636 g/mol. The Hall–Kier alpha value is -4.68. The molecule has 3 aromatic carbocycles. The molecule has 2 amide bonds. The van der Waals surface area contributed by atoms with Gasteiger partial charge in [0.05, 0.1) is 11.1 Å². The molecule has 4 rings (SSSR count). The fourth-order valence-electron chi connectivity index (χ4n) is 5.18. The van der Waals surface area contributed by atoms with E-state index in [1.54, 1.807) is 6.07 Å². The van der Waals surface area contributed by atoms with Crippen molar-refractivity contribution < 1.29 is 46.1 Å². The van der Waals surface area contributed by atoms with Crippen LogP contribution in [-0.2, 0) is 37.0 Å². The number of benzene rings is 3. The number of likely N-dealkylation sites (N-methyl/N-ethyl adjacent to an activating group) is 1. The van der Waals surface area contributed by atoms with Crippen molar-refractivity contribution in [2.75, 3.05) is 13.6 Å². The van der Waals surface area contributed by atoms with Crippen LogP contribution in [0, 0.1) is 0 Å². The lowest BCUT2D eigenvalue weighted by Gasteiger charge is -2.29. The summed E-state index contributed by atoms with van der Waals surface area (Å²) >= 11 is 0. The second-order valence-corrected chi connectivity index (χ2v) is 10.8. The van der Waals surface area contributed by atoms with E-state index in [1.165, 1.54) is 19.2 Å². The molecule has 0 spiro atoms. The number of para-hydroxylation sites is 1. The number of nitrogens with zero attached hydrogens (tertiary/aromatic N) is 2. The summed E-state index contributed by atoms with van der Waals surface area (Å²) in [5, 5.41) is 22.7. The van der Waals surface area contributed by atoms with Gasteiger partial charge in [0, 0.05) is 55.8 Å². The Bertz CT molecular complexity index is 1660. The van der Waals surface area contributed by atoms with E-state index in [-0.39, 0.29) is 49.3 Å². The molecule has 0 aliphatic rings. The van der Waals surface area contributed by atoms with Gasteiger partial charge in [-0.2, -0.15) is 26.3 Å². The monoisotopic (exact) mass is 635 g/mol. The molecule has 240 valence electrons. The Morgan fingerprint density at radius 3 is 2.18 bits per heavy atom. The normalized spacial score (nSPS) is 12.7. The lowest BCUT2D eigenvalue weighted by atomic mass is 9.98. The number of amides is 2. The summed E-state index contributed by atoms with van der Waals surface area (Å²) in [6, 6.07) is 11.7. The van der Waals surface area contributed by atoms with Gasteiger partial charge in [-0.15, -0.1) is 0 Å². The highest BCUT2D eigenvalue weighted by molar-refractivity contribution is 5.95. The molecule has 0 saturated heterocycles. The molecule has 1 atom stereocenters. The SMILES string of the molecule is CN(C(=O)c1cc(C(F)(F)F)cc(C(F)(F)F)c1)C(CCC(=O)NCCc1ccc(O)c(O)c1)Cc1cn(C)c2ccccc12. The molecule has 4 aromatic rings. The van der Waals surface area contributed by atoms with Crippen LogP contribution in [0.15, 0.2) is 66.9 Å². The van der Waals surface area contributed by atoms with Crippen molar-refractivity contribution in [1.29, 1.82) is 0 Å². The summed E-state index contributed by atoms with van der Waals surface area (Å²) in [5.41, 5.74) is -1.65. The van der Waals surface area contributed by atoms with Gasteiger partial charge < -0.3 is 25.0 Å². The summed E-state index contributed by atoms with van der Waals surface area (Å²) in [6.07, 6.45) is -7.92. The predicted octanol–water partition coefficient (Wildman–Crippen LogP) is 6.45. The van der Waals surface area contributed by atoms with Crippen molar-refractivity contribution in [1.82, 2.24) is 14.8 Å². The predicted molar refractivity (Wildman–Crippen MR) is 155 cm³/mol. The molecule has 0 radical (unpaired) electrons. The molecule has 1 unspecified atom stereocenters. The molecule has 0 bridgehead atoms. The number of hydrogen-bond acceptors (Lipinski definition) is 4. The summed E-state index contributed by atoms with van der Waals surface area (Å²) in [5.74, 6) is -2.02. The van der Waals surface area contributed by atoms with E-state index in [0.29, 0.717) is 24.1 Å². The highest BCUT2D eigenvalue weighted by Gasteiger charge is 2.38. The van der Waals surface area contributed by atoms with Gasteiger partial charge in [-0.3, -0.25) is 9.59 Å². The maximum absolute atomic E-state index is 13.5. The minimum Gasteiger partial charge on any atom is -0.504 e. The van der Waals surface area contributed by atoms with E-state index in [0.717, 1.165) is 21.4 Å². The Morgan fingerprint density at radius 2 is 1.56 bits per heavy atom. The molecule has 13 heteroatoms. The minimum atomic E-state index is -5.12. The van der Waals surface area contributed by atoms with Crippen molar-refractivity contribution in [3.8, 4) is 11.5 Å². The number of phenolic OH excluding ortho intramolecular Hbond substituents is 2. The number of carbonyl (C=O) groups excluding carboxylic acids is 2. The zero-order valence-electron chi connectivity index (χ0n) is 24.3. The van der Waals surface area contributed by atoms with E-state index in [1.807, 2.05) is 42.1 Å². The third-order valence-corrected chi connectivity index (χ3v) is 7.62. The molecular formula is C32H31F6N3O4. The number of nitrogens with one attached hydrogen (secondary N) is 1. The molecule has 0 fully saturated rings.